The lowest BCUT2D eigenvalue weighted by Gasteiger charge is -2.14. The number of hydrogen-bond donors (Lipinski definition) is 2. The number of carbonyl (C=O) groups is 2. The molecule has 1 atom stereocenters. The Morgan fingerprint density at radius 2 is 2.21 bits per heavy atom. The number of nitrogens with zero attached hydrogens (tertiary/aromatic N) is 1. The Kier molecular flexibility index (Phi) is 5.89. The van der Waals surface area contributed by atoms with Crippen molar-refractivity contribution in [3.8, 4) is 0 Å². The predicted octanol–water partition coefficient (Wildman–Crippen LogP) is 1.27. The molecule has 5 nitrogen and oxygen atoms in total. The molecule has 3 N–H and O–H groups in total. The molecular weight excluding hydrogens is 242 g/mol. The van der Waals surface area contributed by atoms with Crippen LogP contribution in [0.15, 0.2) is 29.3 Å². The molecule has 0 fully saturated rings. The summed E-state index contributed by atoms with van der Waals surface area (Å²) in [5, 5.41) is 2.67. The number of carbonyl (C=O) groups excluding carboxylic acids is 2. The molecule has 0 aromatic heterocycles. The molecule has 2 amide bonds. The molecule has 0 aliphatic carbocycles. The van der Waals surface area contributed by atoms with E-state index in [9.17, 15) is 9.59 Å². The maximum Gasteiger partial charge on any atom is 0.267 e. The standard InChI is InChI=1S/C14H19N3O2/c1-3-5-12(14(19)16-2)17-13(18)11-7-4-6-10(8-11)9-15/h4,6-8,12H,2-3,5,9,15H2,1H3,(H,17,18)/t12-/m0/s1. The molecule has 0 radical (unpaired) electrons. The van der Waals surface area contributed by atoms with Gasteiger partial charge in [-0.2, -0.15) is 0 Å². The molecule has 0 saturated heterocycles. The van der Waals surface area contributed by atoms with Gasteiger partial charge in [0.2, 0.25) is 0 Å². The van der Waals surface area contributed by atoms with Gasteiger partial charge in [-0.3, -0.25) is 9.59 Å². The van der Waals surface area contributed by atoms with E-state index in [1.165, 1.54) is 0 Å². The van der Waals surface area contributed by atoms with Crippen molar-refractivity contribution in [2.75, 3.05) is 0 Å². The largest absolute Gasteiger partial charge is 0.340 e. The van der Waals surface area contributed by atoms with Crippen LogP contribution in [-0.4, -0.2) is 24.6 Å². The number of nitrogens with one attached hydrogen (secondary N) is 1. The topological polar surface area (TPSA) is 84.5 Å². The third-order valence-electron chi connectivity index (χ3n) is 2.76. The van der Waals surface area contributed by atoms with E-state index in [4.69, 9.17) is 5.73 Å². The molecule has 1 rings (SSSR count). The maximum atomic E-state index is 12.1. The summed E-state index contributed by atoms with van der Waals surface area (Å²) in [5.74, 6) is -0.712. The van der Waals surface area contributed by atoms with Gasteiger partial charge in [0, 0.05) is 12.1 Å². The third-order valence-corrected chi connectivity index (χ3v) is 2.76. The average Bonchev–Trinajstić information content (AvgIpc) is 2.45. The highest BCUT2D eigenvalue weighted by atomic mass is 16.2. The Balaban J connectivity index is 2.80. The minimum Gasteiger partial charge on any atom is -0.340 e. The summed E-state index contributed by atoms with van der Waals surface area (Å²) in [6.07, 6.45) is 1.31. The Labute approximate surface area is 112 Å². The number of aliphatic imine (C=N–C) groups is 1. The summed E-state index contributed by atoms with van der Waals surface area (Å²) in [5.41, 5.74) is 6.88. The molecule has 0 bridgehead atoms. The second-order valence-corrected chi connectivity index (χ2v) is 4.22. The van der Waals surface area contributed by atoms with E-state index in [0.29, 0.717) is 18.5 Å². The zero-order valence-electron chi connectivity index (χ0n) is 11.1. The molecule has 0 aliphatic heterocycles. The van der Waals surface area contributed by atoms with E-state index in [0.717, 1.165) is 12.0 Å². The fourth-order valence-corrected chi connectivity index (χ4v) is 1.74. The summed E-state index contributed by atoms with van der Waals surface area (Å²) in [6, 6.07) is 6.39. The van der Waals surface area contributed by atoms with Crippen molar-refractivity contribution in [2.24, 2.45) is 10.7 Å². The Morgan fingerprint density at radius 3 is 2.79 bits per heavy atom. The number of rotatable bonds is 6. The van der Waals surface area contributed by atoms with Gasteiger partial charge in [0.15, 0.2) is 0 Å². The van der Waals surface area contributed by atoms with Crippen LogP contribution in [0.5, 0.6) is 0 Å². The quantitative estimate of drug-likeness (QED) is 0.756. The SMILES string of the molecule is C=NC(=O)[C@H](CCC)NC(=O)c1cccc(CN)c1. The summed E-state index contributed by atoms with van der Waals surface area (Å²) in [4.78, 5) is 26.9. The van der Waals surface area contributed by atoms with Gasteiger partial charge in [0.25, 0.3) is 11.8 Å². The molecule has 102 valence electrons. The first kappa shape index (κ1) is 15.0. The minimum atomic E-state index is -0.614. The molecular formula is C14H19N3O2. The molecule has 0 heterocycles. The Bertz CT molecular complexity index is 472. The van der Waals surface area contributed by atoms with Gasteiger partial charge in [-0.1, -0.05) is 25.5 Å². The lowest BCUT2D eigenvalue weighted by atomic mass is 10.1. The highest BCUT2D eigenvalue weighted by Crippen LogP contribution is 2.06. The molecule has 5 heteroatoms. The summed E-state index contributed by atoms with van der Waals surface area (Å²) in [6.45, 7) is 5.51. The highest BCUT2D eigenvalue weighted by molar-refractivity contribution is 5.98. The first-order valence-electron chi connectivity index (χ1n) is 6.22. The molecule has 0 aliphatic rings. The van der Waals surface area contributed by atoms with Gasteiger partial charge in [0.05, 0.1) is 0 Å². The predicted molar refractivity (Wildman–Crippen MR) is 75.1 cm³/mol. The summed E-state index contributed by atoms with van der Waals surface area (Å²) in [7, 11) is 0. The van der Waals surface area contributed by atoms with Crippen molar-refractivity contribution < 1.29 is 9.59 Å². The van der Waals surface area contributed by atoms with Crippen molar-refractivity contribution in [3.05, 3.63) is 35.4 Å². The van der Waals surface area contributed by atoms with E-state index in [-0.39, 0.29) is 5.91 Å². The van der Waals surface area contributed by atoms with Crippen molar-refractivity contribution in [3.63, 3.8) is 0 Å². The van der Waals surface area contributed by atoms with Crippen molar-refractivity contribution in [1.82, 2.24) is 5.32 Å². The molecule has 1 aromatic carbocycles. The Morgan fingerprint density at radius 1 is 1.47 bits per heavy atom. The maximum absolute atomic E-state index is 12.1. The van der Waals surface area contributed by atoms with E-state index in [1.807, 2.05) is 13.0 Å². The third kappa shape index (κ3) is 4.30. The van der Waals surface area contributed by atoms with E-state index < -0.39 is 11.9 Å². The fraction of sp³-hybridized carbons (Fsp3) is 0.357. The number of benzene rings is 1. The van der Waals surface area contributed by atoms with Crippen molar-refractivity contribution in [1.29, 1.82) is 0 Å². The minimum absolute atomic E-state index is 0.300. The van der Waals surface area contributed by atoms with Crippen LogP contribution in [0.4, 0.5) is 0 Å². The van der Waals surface area contributed by atoms with Gasteiger partial charge >= 0.3 is 0 Å². The van der Waals surface area contributed by atoms with Crippen LogP contribution in [0.1, 0.15) is 35.7 Å². The van der Waals surface area contributed by atoms with Crippen LogP contribution in [0.25, 0.3) is 0 Å². The Hall–Kier alpha value is -2.01. The van der Waals surface area contributed by atoms with Crippen molar-refractivity contribution >= 4 is 18.5 Å². The first-order chi connectivity index (χ1) is 9.12. The van der Waals surface area contributed by atoms with Crippen LogP contribution in [0, 0.1) is 0 Å². The van der Waals surface area contributed by atoms with Gasteiger partial charge < -0.3 is 11.1 Å². The highest BCUT2D eigenvalue weighted by Gasteiger charge is 2.19. The summed E-state index contributed by atoms with van der Waals surface area (Å²) >= 11 is 0. The van der Waals surface area contributed by atoms with Crippen LogP contribution < -0.4 is 11.1 Å². The lowest BCUT2D eigenvalue weighted by molar-refractivity contribution is -0.119. The molecule has 0 unspecified atom stereocenters. The van der Waals surface area contributed by atoms with Crippen LogP contribution in [0.3, 0.4) is 0 Å². The average molecular weight is 261 g/mol. The molecule has 0 spiro atoms. The van der Waals surface area contributed by atoms with E-state index in [1.54, 1.807) is 18.2 Å². The van der Waals surface area contributed by atoms with Crippen LogP contribution in [-0.2, 0) is 11.3 Å². The van der Waals surface area contributed by atoms with Crippen LogP contribution >= 0.6 is 0 Å². The second kappa shape index (κ2) is 7.43. The normalized spacial score (nSPS) is 11.7. The smallest absolute Gasteiger partial charge is 0.267 e. The van der Waals surface area contributed by atoms with E-state index in [2.05, 4.69) is 17.0 Å². The zero-order valence-corrected chi connectivity index (χ0v) is 11.1. The monoisotopic (exact) mass is 261 g/mol. The number of amides is 2. The zero-order chi connectivity index (χ0) is 14.3. The fourth-order valence-electron chi connectivity index (χ4n) is 1.74. The van der Waals surface area contributed by atoms with Crippen LogP contribution in [0.2, 0.25) is 0 Å². The number of nitrogens with two attached hydrogens (primary N) is 1. The van der Waals surface area contributed by atoms with Gasteiger partial charge in [-0.05, 0) is 30.8 Å². The number of hydrogen-bond acceptors (Lipinski definition) is 3. The molecule has 1 aromatic rings. The lowest BCUT2D eigenvalue weighted by Crippen LogP contribution is -2.40. The van der Waals surface area contributed by atoms with Gasteiger partial charge in [-0.25, -0.2) is 4.99 Å². The molecule has 0 saturated carbocycles. The van der Waals surface area contributed by atoms with Gasteiger partial charge in [-0.15, -0.1) is 0 Å². The first-order valence-corrected chi connectivity index (χ1v) is 6.22. The van der Waals surface area contributed by atoms with Crippen molar-refractivity contribution in [2.45, 2.75) is 32.4 Å². The van der Waals surface area contributed by atoms with Gasteiger partial charge in [0.1, 0.15) is 6.04 Å². The molecule has 19 heavy (non-hydrogen) atoms. The second-order valence-electron chi connectivity index (χ2n) is 4.22. The van der Waals surface area contributed by atoms with E-state index >= 15 is 0 Å². The summed E-state index contributed by atoms with van der Waals surface area (Å²) < 4.78 is 0.